The van der Waals surface area contributed by atoms with E-state index in [2.05, 4.69) is 6.92 Å². The van der Waals surface area contributed by atoms with E-state index in [9.17, 15) is 9.90 Å². The fourth-order valence-corrected chi connectivity index (χ4v) is 3.84. The van der Waals surface area contributed by atoms with Crippen molar-refractivity contribution in [1.29, 1.82) is 0 Å². The Bertz CT molecular complexity index is 738. The van der Waals surface area contributed by atoms with Gasteiger partial charge in [-0.1, -0.05) is 114 Å². The number of carbonyl (C=O) groups is 1. The molecular formula is C27H38O3. The van der Waals surface area contributed by atoms with E-state index in [1.807, 2.05) is 36.4 Å². The topological polar surface area (TPSA) is 46.5 Å². The minimum atomic E-state index is -0.915. The van der Waals surface area contributed by atoms with Crippen LogP contribution >= 0.6 is 0 Å². The van der Waals surface area contributed by atoms with Crippen molar-refractivity contribution in [2.24, 2.45) is 0 Å². The van der Waals surface area contributed by atoms with Gasteiger partial charge >= 0.3 is 5.97 Å². The summed E-state index contributed by atoms with van der Waals surface area (Å²) < 4.78 is 6.03. The Balaban J connectivity index is 1.66. The van der Waals surface area contributed by atoms with Gasteiger partial charge in [-0.05, 0) is 24.1 Å². The number of hydrogen-bond acceptors (Lipinski definition) is 2. The van der Waals surface area contributed by atoms with Crippen LogP contribution in [-0.4, -0.2) is 17.7 Å². The molecule has 0 heterocycles. The molecule has 1 N–H and O–H groups in total. The van der Waals surface area contributed by atoms with Gasteiger partial charge in [0.15, 0.2) is 0 Å². The maximum atomic E-state index is 11.6. The largest absolute Gasteiger partial charge is 0.493 e. The quantitative estimate of drug-likeness (QED) is 0.284. The van der Waals surface area contributed by atoms with Crippen molar-refractivity contribution in [3.05, 3.63) is 54.1 Å². The minimum Gasteiger partial charge on any atom is -0.493 e. The number of rotatable bonds is 16. The lowest BCUT2D eigenvalue weighted by Gasteiger charge is -2.13. The standard InChI is InChI=1S/C27H38O3/c1-2-3-4-5-6-7-8-9-10-11-12-17-22-30-26-21-16-15-19-24(26)23-18-13-14-20-25(23)27(28)29/h13-16,18-21H,2-12,17,22H2,1H3,(H,28,29). The van der Waals surface area contributed by atoms with Crippen LogP contribution in [0.5, 0.6) is 5.75 Å². The van der Waals surface area contributed by atoms with Gasteiger partial charge in [0.25, 0.3) is 0 Å². The van der Waals surface area contributed by atoms with Gasteiger partial charge in [0.05, 0.1) is 12.2 Å². The van der Waals surface area contributed by atoms with Crippen molar-refractivity contribution in [3.8, 4) is 16.9 Å². The van der Waals surface area contributed by atoms with Crippen LogP contribution in [0.2, 0.25) is 0 Å². The van der Waals surface area contributed by atoms with Crippen molar-refractivity contribution in [3.63, 3.8) is 0 Å². The first-order valence-electron chi connectivity index (χ1n) is 11.8. The van der Waals surface area contributed by atoms with Crippen LogP contribution < -0.4 is 4.74 Å². The molecule has 0 saturated heterocycles. The Hall–Kier alpha value is -2.29. The number of hydrogen-bond donors (Lipinski definition) is 1. The van der Waals surface area contributed by atoms with Crippen LogP contribution in [0.1, 0.15) is 94.3 Å². The zero-order valence-electron chi connectivity index (χ0n) is 18.6. The van der Waals surface area contributed by atoms with Crippen molar-refractivity contribution in [1.82, 2.24) is 0 Å². The molecule has 0 amide bonds. The van der Waals surface area contributed by atoms with E-state index in [0.717, 1.165) is 17.7 Å². The van der Waals surface area contributed by atoms with Gasteiger partial charge in [-0.3, -0.25) is 0 Å². The zero-order valence-corrected chi connectivity index (χ0v) is 18.6. The number of para-hydroxylation sites is 1. The number of unbranched alkanes of at least 4 members (excludes halogenated alkanes) is 11. The van der Waals surface area contributed by atoms with Crippen molar-refractivity contribution in [2.45, 2.75) is 84.0 Å². The summed E-state index contributed by atoms with van der Waals surface area (Å²) >= 11 is 0. The van der Waals surface area contributed by atoms with Gasteiger partial charge in [-0.25, -0.2) is 4.79 Å². The van der Waals surface area contributed by atoms with E-state index in [1.54, 1.807) is 12.1 Å². The van der Waals surface area contributed by atoms with Gasteiger partial charge in [0.2, 0.25) is 0 Å². The molecule has 0 spiro atoms. The molecule has 0 bridgehead atoms. The minimum absolute atomic E-state index is 0.305. The fourth-order valence-electron chi connectivity index (χ4n) is 3.84. The molecule has 0 radical (unpaired) electrons. The van der Waals surface area contributed by atoms with Crippen LogP contribution in [0.3, 0.4) is 0 Å². The Morgan fingerprint density at radius 1 is 0.700 bits per heavy atom. The number of benzene rings is 2. The number of aromatic carboxylic acids is 1. The van der Waals surface area contributed by atoms with E-state index >= 15 is 0 Å². The second kappa shape index (κ2) is 14.7. The summed E-state index contributed by atoms with van der Waals surface area (Å²) in [7, 11) is 0. The van der Waals surface area contributed by atoms with Gasteiger partial charge in [0, 0.05) is 5.56 Å². The summed E-state index contributed by atoms with van der Waals surface area (Å²) in [5.74, 6) is -0.157. The van der Waals surface area contributed by atoms with E-state index < -0.39 is 5.97 Å². The molecule has 0 aromatic heterocycles. The Morgan fingerprint density at radius 3 is 1.80 bits per heavy atom. The second-order valence-corrected chi connectivity index (χ2v) is 8.08. The molecule has 0 aliphatic heterocycles. The molecule has 0 fully saturated rings. The van der Waals surface area contributed by atoms with Crippen LogP contribution in [-0.2, 0) is 0 Å². The lowest BCUT2D eigenvalue weighted by Crippen LogP contribution is -2.02. The summed E-state index contributed by atoms with van der Waals surface area (Å²) in [4.78, 5) is 11.6. The average Bonchev–Trinajstić information content (AvgIpc) is 2.77. The number of carboxylic acids is 1. The molecule has 2 aromatic rings. The highest BCUT2D eigenvalue weighted by Gasteiger charge is 2.14. The molecule has 0 aliphatic rings. The van der Waals surface area contributed by atoms with E-state index in [1.165, 1.54) is 70.6 Å². The molecule has 2 aromatic carbocycles. The first-order chi connectivity index (χ1) is 14.7. The third-order valence-corrected chi connectivity index (χ3v) is 5.59. The third-order valence-electron chi connectivity index (χ3n) is 5.59. The first-order valence-corrected chi connectivity index (χ1v) is 11.8. The predicted octanol–water partition coefficient (Wildman–Crippen LogP) is 8.13. The van der Waals surface area contributed by atoms with Gasteiger partial charge in [0.1, 0.15) is 5.75 Å². The fraction of sp³-hybridized carbons (Fsp3) is 0.519. The molecule has 0 aliphatic carbocycles. The number of carboxylic acid groups (broad SMARTS) is 1. The van der Waals surface area contributed by atoms with Crippen LogP contribution in [0.4, 0.5) is 0 Å². The summed E-state index contributed by atoms with van der Waals surface area (Å²) in [6.45, 7) is 2.94. The summed E-state index contributed by atoms with van der Waals surface area (Å²) in [5.41, 5.74) is 1.85. The summed E-state index contributed by atoms with van der Waals surface area (Å²) in [5, 5.41) is 9.48. The molecule has 30 heavy (non-hydrogen) atoms. The highest BCUT2D eigenvalue weighted by Crippen LogP contribution is 2.32. The molecule has 3 nitrogen and oxygen atoms in total. The third kappa shape index (κ3) is 8.61. The number of ether oxygens (including phenoxy) is 1. The van der Waals surface area contributed by atoms with Crippen molar-refractivity contribution in [2.75, 3.05) is 6.61 Å². The molecule has 3 heteroatoms. The molecule has 2 rings (SSSR count). The van der Waals surface area contributed by atoms with Gasteiger partial charge < -0.3 is 9.84 Å². The Kier molecular flexibility index (Phi) is 11.7. The smallest absolute Gasteiger partial charge is 0.336 e. The summed E-state index contributed by atoms with van der Waals surface area (Å²) in [6, 6.07) is 14.8. The highest BCUT2D eigenvalue weighted by atomic mass is 16.5. The van der Waals surface area contributed by atoms with Crippen LogP contribution in [0, 0.1) is 0 Å². The van der Waals surface area contributed by atoms with Crippen molar-refractivity contribution < 1.29 is 14.6 Å². The average molecular weight is 411 g/mol. The molecule has 0 atom stereocenters. The lowest BCUT2D eigenvalue weighted by atomic mass is 9.99. The van der Waals surface area contributed by atoms with Crippen molar-refractivity contribution >= 4 is 5.97 Å². The summed E-state index contributed by atoms with van der Waals surface area (Å²) in [6.07, 6.45) is 15.8. The van der Waals surface area contributed by atoms with Gasteiger partial charge in [-0.15, -0.1) is 0 Å². The SMILES string of the molecule is CCCCCCCCCCCCCCOc1ccccc1-c1ccccc1C(=O)O. The normalized spacial score (nSPS) is 10.8. The van der Waals surface area contributed by atoms with E-state index in [-0.39, 0.29) is 0 Å². The maximum Gasteiger partial charge on any atom is 0.336 e. The highest BCUT2D eigenvalue weighted by molar-refractivity contribution is 5.96. The molecule has 0 saturated carbocycles. The van der Waals surface area contributed by atoms with Gasteiger partial charge in [-0.2, -0.15) is 0 Å². The predicted molar refractivity (Wildman–Crippen MR) is 125 cm³/mol. The van der Waals surface area contributed by atoms with E-state index in [4.69, 9.17) is 4.74 Å². The van der Waals surface area contributed by atoms with Crippen LogP contribution in [0.15, 0.2) is 48.5 Å². The lowest BCUT2D eigenvalue weighted by molar-refractivity contribution is 0.0697. The second-order valence-electron chi connectivity index (χ2n) is 8.08. The zero-order chi connectivity index (χ0) is 21.4. The first kappa shape index (κ1) is 24.0. The molecule has 164 valence electrons. The Morgan fingerprint density at radius 2 is 1.20 bits per heavy atom. The van der Waals surface area contributed by atoms with E-state index in [0.29, 0.717) is 17.7 Å². The Labute approximate surface area is 182 Å². The van der Waals surface area contributed by atoms with Crippen LogP contribution in [0.25, 0.3) is 11.1 Å². The maximum absolute atomic E-state index is 11.6. The molecule has 0 unspecified atom stereocenters. The molecular weight excluding hydrogens is 372 g/mol. The monoisotopic (exact) mass is 410 g/mol.